The van der Waals surface area contributed by atoms with E-state index >= 15 is 0 Å². The molecule has 0 radical (unpaired) electrons. The molecular formula is C26H28ClNO2. The largest absolute Gasteiger partial charge is 0.508 e. The Morgan fingerprint density at radius 2 is 1.50 bits per heavy atom. The van der Waals surface area contributed by atoms with Crippen molar-refractivity contribution in [2.75, 3.05) is 13.1 Å². The number of likely N-dealkylation sites (tertiary alicyclic amines) is 1. The molecule has 0 unspecified atom stereocenters. The number of aromatic hydroxyl groups is 1. The second-order valence-electron chi connectivity index (χ2n) is 8.30. The summed E-state index contributed by atoms with van der Waals surface area (Å²) in [6, 6.07) is 13.2. The number of phenols is 1. The van der Waals surface area contributed by atoms with E-state index in [-0.39, 0.29) is 5.78 Å². The van der Waals surface area contributed by atoms with Crippen LogP contribution in [0, 0.1) is 0 Å². The van der Waals surface area contributed by atoms with Crippen molar-refractivity contribution < 1.29 is 9.90 Å². The summed E-state index contributed by atoms with van der Waals surface area (Å²) in [5.41, 5.74) is 4.61. The van der Waals surface area contributed by atoms with Crippen molar-refractivity contribution in [1.29, 1.82) is 0 Å². The molecule has 1 aliphatic carbocycles. The van der Waals surface area contributed by atoms with Gasteiger partial charge in [-0.1, -0.05) is 36.2 Å². The number of carbonyl (C=O) groups is 1. The lowest BCUT2D eigenvalue weighted by atomic mass is 9.86. The van der Waals surface area contributed by atoms with Crippen LogP contribution < -0.4 is 0 Å². The second-order valence-corrected chi connectivity index (χ2v) is 8.73. The van der Waals surface area contributed by atoms with Gasteiger partial charge < -0.3 is 5.11 Å². The minimum absolute atomic E-state index is 0.127. The van der Waals surface area contributed by atoms with E-state index in [4.69, 9.17) is 11.6 Å². The molecular weight excluding hydrogens is 394 g/mol. The summed E-state index contributed by atoms with van der Waals surface area (Å²) in [6.45, 7) is 2.93. The smallest absolute Gasteiger partial charge is 0.185 e. The molecule has 2 fully saturated rings. The van der Waals surface area contributed by atoms with Crippen molar-refractivity contribution in [3.8, 4) is 5.75 Å². The summed E-state index contributed by atoms with van der Waals surface area (Å²) < 4.78 is 0. The number of carbonyl (C=O) groups excluding carboxylic acids is 1. The molecule has 1 heterocycles. The van der Waals surface area contributed by atoms with E-state index in [1.807, 2.05) is 48.6 Å². The van der Waals surface area contributed by atoms with Gasteiger partial charge in [0.1, 0.15) is 5.75 Å². The van der Waals surface area contributed by atoms with E-state index in [1.54, 1.807) is 6.07 Å². The molecule has 1 N–H and O–H groups in total. The third-order valence-corrected chi connectivity index (χ3v) is 6.23. The molecule has 156 valence electrons. The molecule has 1 aliphatic heterocycles. The summed E-state index contributed by atoms with van der Waals surface area (Å²) in [5, 5.41) is 11.0. The van der Waals surface area contributed by atoms with Crippen molar-refractivity contribution in [3.05, 3.63) is 75.3 Å². The fourth-order valence-corrected chi connectivity index (χ4v) is 4.45. The maximum Gasteiger partial charge on any atom is 0.185 e. The molecule has 30 heavy (non-hydrogen) atoms. The van der Waals surface area contributed by atoms with Crippen molar-refractivity contribution in [2.24, 2.45) is 0 Å². The van der Waals surface area contributed by atoms with Crippen LogP contribution in [-0.2, 0) is 11.3 Å². The number of hydrogen-bond acceptors (Lipinski definition) is 3. The number of allylic oxidation sites excluding steroid dienone is 2. The van der Waals surface area contributed by atoms with Gasteiger partial charge in [0.2, 0.25) is 0 Å². The van der Waals surface area contributed by atoms with Gasteiger partial charge in [0.15, 0.2) is 5.78 Å². The second kappa shape index (κ2) is 9.63. The molecule has 0 spiro atoms. The Balaban J connectivity index is 1.54. The number of phenolic OH excluding ortho intramolecular Hbond substituents is 1. The highest BCUT2D eigenvalue weighted by molar-refractivity contribution is 6.30. The Morgan fingerprint density at radius 3 is 2.20 bits per heavy atom. The molecule has 2 aromatic rings. The number of halogens is 1. The summed E-state index contributed by atoms with van der Waals surface area (Å²) in [7, 11) is 0. The molecule has 0 amide bonds. The zero-order valence-corrected chi connectivity index (χ0v) is 18.0. The summed E-state index contributed by atoms with van der Waals surface area (Å²) in [5.74, 6) is 0.461. The number of hydrogen-bond donors (Lipinski definition) is 1. The van der Waals surface area contributed by atoms with Gasteiger partial charge in [-0.2, -0.15) is 0 Å². The van der Waals surface area contributed by atoms with Crippen LogP contribution in [0.3, 0.4) is 0 Å². The number of Topliss-reactive ketones (excluding diaryl/α,β-unsaturated/α-hetero) is 1. The molecule has 4 heteroatoms. The van der Waals surface area contributed by atoms with Crippen LogP contribution in [0.4, 0.5) is 0 Å². The molecule has 1 saturated carbocycles. The first-order valence-electron chi connectivity index (χ1n) is 10.8. The Morgan fingerprint density at radius 1 is 0.867 bits per heavy atom. The quantitative estimate of drug-likeness (QED) is 0.593. The minimum Gasteiger partial charge on any atom is -0.508 e. The first kappa shape index (κ1) is 20.9. The molecule has 0 aromatic heterocycles. The highest BCUT2D eigenvalue weighted by Gasteiger charge is 2.21. The number of piperidine rings is 1. The standard InChI is InChI=1S/C26H28ClNO2/c27-24-10-7-19(8-11-24)15-21-5-4-6-22(26(21)30)16-20-9-12-25(29)23(17-20)18-28-13-2-1-3-14-28/h7-12,15-17,29H,1-6,13-14,18H2. The Kier molecular flexibility index (Phi) is 6.71. The maximum absolute atomic E-state index is 13.0. The third-order valence-electron chi connectivity index (χ3n) is 5.97. The molecule has 1 saturated heterocycles. The van der Waals surface area contributed by atoms with Crippen LogP contribution in [0.2, 0.25) is 5.02 Å². The van der Waals surface area contributed by atoms with Crippen LogP contribution >= 0.6 is 11.6 Å². The average molecular weight is 422 g/mol. The van der Waals surface area contributed by atoms with Crippen LogP contribution in [0.15, 0.2) is 53.6 Å². The zero-order chi connectivity index (χ0) is 20.9. The maximum atomic E-state index is 13.0. The third kappa shape index (κ3) is 5.21. The first-order valence-corrected chi connectivity index (χ1v) is 11.2. The fraction of sp³-hybridized carbons (Fsp3) is 0.346. The summed E-state index contributed by atoms with van der Waals surface area (Å²) >= 11 is 5.96. The molecule has 0 atom stereocenters. The SMILES string of the molecule is O=C1C(=Cc2ccc(Cl)cc2)CCCC1=Cc1ccc(O)c(CN2CCCCC2)c1. The first-order chi connectivity index (χ1) is 14.6. The normalized spacial score (nSPS) is 20.8. The Labute approximate surface area is 183 Å². The van der Waals surface area contributed by atoms with Gasteiger partial charge in [0.25, 0.3) is 0 Å². The van der Waals surface area contributed by atoms with Gasteiger partial charge in [-0.25, -0.2) is 0 Å². The van der Waals surface area contributed by atoms with Gasteiger partial charge in [0, 0.05) is 28.3 Å². The average Bonchev–Trinajstić information content (AvgIpc) is 2.76. The van der Waals surface area contributed by atoms with Gasteiger partial charge in [-0.05, 0) is 92.7 Å². The molecule has 3 nitrogen and oxygen atoms in total. The van der Waals surface area contributed by atoms with Gasteiger partial charge in [0.05, 0.1) is 0 Å². The van der Waals surface area contributed by atoms with Crippen molar-refractivity contribution in [1.82, 2.24) is 4.90 Å². The molecule has 0 bridgehead atoms. The Bertz CT molecular complexity index is 969. The minimum atomic E-state index is 0.127. The lowest BCUT2D eigenvalue weighted by Crippen LogP contribution is -2.29. The number of nitrogens with zero attached hydrogens (tertiary/aromatic N) is 1. The highest BCUT2D eigenvalue weighted by Crippen LogP contribution is 2.30. The molecule has 4 rings (SSSR count). The van der Waals surface area contributed by atoms with Gasteiger partial charge in [-0.15, -0.1) is 0 Å². The number of ketones is 1. The van der Waals surface area contributed by atoms with E-state index in [0.717, 1.165) is 66.7 Å². The van der Waals surface area contributed by atoms with E-state index in [1.165, 1.54) is 19.3 Å². The summed E-state index contributed by atoms with van der Waals surface area (Å²) in [6.07, 6.45) is 10.3. The topological polar surface area (TPSA) is 40.5 Å². The van der Waals surface area contributed by atoms with E-state index in [9.17, 15) is 9.90 Å². The zero-order valence-electron chi connectivity index (χ0n) is 17.2. The van der Waals surface area contributed by atoms with Crippen molar-refractivity contribution in [3.63, 3.8) is 0 Å². The van der Waals surface area contributed by atoms with Crippen LogP contribution in [0.5, 0.6) is 5.75 Å². The predicted molar refractivity (Wildman–Crippen MR) is 123 cm³/mol. The lowest BCUT2D eigenvalue weighted by molar-refractivity contribution is -0.112. The van der Waals surface area contributed by atoms with E-state index in [2.05, 4.69) is 4.90 Å². The van der Waals surface area contributed by atoms with Crippen LogP contribution in [-0.4, -0.2) is 28.9 Å². The van der Waals surface area contributed by atoms with Gasteiger partial charge in [-0.3, -0.25) is 9.69 Å². The number of benzene rings is 2. The van der Waals surface area contributed by atoms with Crippen molar-refractivity contribution >= 4 is 29.5 Å². The fourth-order valence-electron chi connectivity index (χ4n) is 4.32. The monoisotopic (exact) mass is 421 g/mol. The van der Waals surface area contributed by atoms with Crippen molar-refractivity contribution in [2.45, 2.75) is 45.1 Å². The molecule has 2 aromatic carbocycles. The number of rotatable bonds is 4. The predicted octanol–water partition coefficient (Wildman–Crippen LogP) is 6.25. The summed E-state index contributed by atoms with van der Waals surface area (Å²) in [4.78, 5) is 15.4. The molecule has 2 aliphatic rings. The van der Waals surface area contributed by atoms with E-state index < -0.39 is 0 Å². The highest BCUT2D eigenvalue weighted by atomic mass is 35.5. The lowest BCUT2D eigenvalue weighted by Gasteiger charge is -2.26. The van der Waals surface area contributed by atoms with E-state index in [0.29, 0.717) is 10.8 Å². The van der Waals surface area contributed by atoms with Crippen LogP contribution in [0.1, 0.15) is 55.2 Å². The Hall–Kier alpha value is -2.36. The van der Waals surface area contributed by atoms with Crippen LogP contribution in [0.25, 0.3) is 12.2 Å². The van der Waals surface area contributed by atoms with Gasteiger partial charge >= 0.3 is 0 Å².